The van der Waals surface area contributed by atoms with E-state index in [1.807, 2.05) is 11.8 Å². The molecule has 1 amide bonds. The maximum absolute atomic E-state index is 11.3. The van der Waals surface area contributed by atoms with Gasteiger partial charge >= 0.3 is 0 Å². The molecule has 19 heavy (non-hydrogen) atoms. The summed E-state index contributed by atoms with van der Waals surface area (Å²) in [5, 5.41) is 3.66. The third-order valence-corrected chi connectivity index (χ3v) is 4.29. The Hall–Kier alpha value is -0.650. The first-order valence-electron chi connectivity index (χ1n) is 7.31. The standard InChI is InChI=1S/C14H26N2O3/c1-4-19-13-9-12(14(13)18-3)15-11-5-7-16(8-6-11)10(2)17/h11-15H,4-9H2,1-3H3. The van der Waals surface area contributed by atoms with E-state index in [-0.39, 0.29) is 18.1 Å². The summed E-state index contributed by atoms with van der Waals surface area (Å²) in [5.74, 6) is 0.188. The van der Waals surface area contributed by atoms with E-state index < -0.39 is 0 Å². The minimum Gasteiger partial charge on any atom is -0.377 e. The van der Waals surface area contributed by atoms with Crippen LogP contribution in [0.3, 0.4) is 0 Å². The van der Waals surface area contributed by atoms with Crippen LogP contribution in [0.5, 0.6) is 0 Å². The van der Waals surface area contributed by atoms with Crippen LogP contribution in [0.4, 0.5) is 0 Å². The normalized spacial score (nSPS) is 32.2. The van der Waals surface area contributed by atoms with Crippen LogP contribution in [0.1, 0.15) is 33.1 Å². The zero-order valence-corrected chi connectivity index (χ0v) is 12.2. The summed E-state index contributed by atoms with van der Waals surface area (Å²) in [6.45, 7) is 6.14. The number of likely N-dealkylation sites (tertiary alicyclic amines) is 1. The zero-order valence-electron chi connectivity index (χ0n) is 12.2. The van der Waals surface area contributed by atoms with Gasteiger partial charge in [-0.2, -0.15) is 0 Å². The molecule has 1 aliphatic carbocycles. The Morgan fingerprint density at radius 2 is 2.05 bits per heavy atom. The molecule has 5 nitrogen and oxygen atoms in total. The highest BCUT2D eigenvalue weighted by atomic mass is 16.5. The van der Waals surface area contributed by atoms with Gasteiger partial charge in [-0.15, -0.1) is 0 Å². The number of methoxy groups -OCH3 is 1. The second-order valence-corrected chi connectivity index (χ2v) is 5.48. The highest BCUT2D eigenvalue weighted by molar-refractivity contribution is 5.73. The van der Waals surface area contributed by atoms with Crippen molar-refractivity contribution in [1.82, 2.24) is 10.2 Å². The van der Waals surface area contributed by atoms with Gasteiger partial charge in [0.1, 0.15) is 0 Å². The van der Waals surface area contributed by atoms with Crippen molar-refractivity contribution >= 4 is 5.91 Å². The Morgan fingerprint density at radius 3 is 2.58 bits per heavy atom. The molecule has 2 aliphatic rings. The molecule has 3 atom stereocenters. The summed E-state index contributed by atoms with van der Waals surface area (Å²) in [5.41, 5.74) is 0. The summed E-state index contributed by atoms with van der Waals surface area (Å²) in [7, 11) is 1.75. The van der Waals surface area contributed by atoms with Gasteiger partial charge in [0.2, 0.25) is 5.91 Å². The topological polar surface area (TPSA) is 50.8 Å². The molecule has 0 radical (unpaired) electrons. The number of amides is 1. The molecule has 5 heteroatoms. The van der Waals surface area contributed by atoms with Gasteiger partial charge in [-0.3, -0.25) is 4.79 Å². The summed E-state index contributed by atoms with van der Waals surface area (Å²) in [4.78, 5) is 13.2. The molecule has 1 saturated heterocycles. The van der Waals surface area contributed by atoms with Crippen molar-refractivity contribution in [3.63, 3.8) is 0 Å². The number of nitrogens with zero attached hydrogens (tertiary/aromatic N) is 1. The molecule has 1 heterocycles. The van der Waals surface area contributed by atoms with E-state index in [2.05, 4.69) is 5.32 Å². The average molecular weight is 270 g/mol. The Bertz CT molecular complexity index is 303. The molecular weight excluding hydrogens is 244 g/mol. The number of hydrogen-bond donors (Lipinski definition) is 1. The molecule has 0 bridgehead atoms. The van der Waals surface area contributed by atoms with Crippen LogP contribution in [0.15, 0.2) is 0 Å². The fraction of sp³-hybridized carbons (Fsp3) is 0.929. The molecule has 2 rings (SSSR count). The number of rotatable bonds is 5. The van der Waals surface area contributed by atoms with Crippen molar-refractivity contribution in [3.8, 4) is 0 Å². The fourth-order valence-electron chi connectivity index (χ4n) is 3.10. The Morgan fingerprint density at radius 1 is 1.37 bits per heavy atom. The number of hydrogen-bond acceptors (Lipinski definition) is 4. The summed E-state index contributed by atoms with van der Waals surface area (Å²) >= 11 is 0. The van der Waals surface area contributed by atoms with Gasteiger partial charge in [-0.25, -0.2) is 0 Å². The number of ether oxygens (including phenoxy) is 2. The molecule has 0 spiro atoms. The Labute approximate surface area is 115 Å². The molecule has 0 aromatic carbocycles. The van der Waals surface area contributed by atoms with E-state index in [9.17, 15) is 4.79 Å². The van der Waals surface area contributed by atoms with Gasteiger partial charge < -0.3 is 19.7 Å². The van der Waals surface area contributed by atoms with Crippen molar-refractivity contribution in [1.29, 1.82) is 0 Å². The summed E-state index contributed by atoms with van der Waals surface area (Å²) < 4.78 is 11.1. The maximum atomic E-state index is 11.3. The zero-order chi connectivity index (χ0) is 13.8. The van der Waals surface area contributed by atoms with Crippen molar-refractivity contribution < 1.29 is 14.3 Å². The van der Waals surface area contributed by atoms with Crippen LogP contribution in [0, 0.1) is 0 Å². The van der Waals surface area contributed by atoms with E-state index in [0.717, 1.165) is 39.0 Å². The van der Waals surface area contributed by atoms with Gasteiger partial charge in [0.15, 0.2) is 0 Å². The van der Waals surface area contributed by atoms with Crippen LogP contribution in [-0.2, 0) is 14.3 Å². The molecule has 1 aliphatic heterocycles. The predicted octanol–water partition coefficient (Wildman–Crippen LogP) is 0.779. The monoisotopic (exact) mass is 270 g/mol. The van der Waals surface area contributed by atoms with Gasteiger partial charge in [0, 0.05) is 45.8 Å². The van der Waals surface area contributed by atoms with Crippen LogP contribution in [0.25, 0.3) is 0 Å². The third-order valence-electron chi connectivity index (χ3n) is 4.29. The molecule has 0 aromatic heterocycles. The molecule has 1 N–H and O–H groups in total. The predicted molar refractivity (Wildman–Crippen MR) is 73.0 cm³/mol. The van der Waals surface area contributed by atoms with Crippen LogP contribution < -0.4 is 5.32 Å². The minimum atomic E-state index is 0.172. The van der Waals surface area contributed by atoms with Gasteiger partial charge in [-0.1, -0.05) is 0 Å². The van der Waals surface area contributed by atoms with Crippen molar-refractivity contribution in [2.24, 2.45) is 0 Å². The van der Waals surface area contributed by atoms with Gasteiger partial charge in [0.25, 0.3) is 0 Å². The SMILES string of the molecule is CCOC1CC(NC2CCN(C(C)=O)CC2)C1OC. The van der Waals surface area contributed by atoms with Crippen molar-refractivity contribution in [2.45, 2.75) is 57.4 Å². The Kier molecular flexibility index (Phi) is 5.19. The van der Waals surface area contributed by atoms with E-state index >= 15 is 0 Å². The quantitative estimate of drug-likeness (QED) is 0.802. The smallest absolute Gasteiger partial charge is 0.219 e. The average Bonchev–Trinajstić information content (AvgIpc) is 2.38. The highest BCUT2D eigenvalue weighted by Gasteiger charge is 2.43. The molecule has 110 valence electrons. The van der Waals surface area contributed by atoms with E-state index in [0.29, 0.717) is 12.1 Å². The number of nitrogens with one attached hydrogen (secondary N) is 1. The molecular formula is C14H26N2O3. The van der Waals surface area contributed by atoms with E-state index in [4.69, 9.17) is 9.47 Å². The molecule has 0 aromatic rings. The van der Waals surface area contributed by atoms with Crippen LogP contribution >= 0.6 is 0 Å². The fourth-order valence-corrected chi connectivity index (χ4v) is 3.10. The largest absolute Gasteiger partial charge is 0.377 e. The number of carbonyl (C=O) groups excluding carboxylic acids is 1. The minimum absolute atomic E-state index is 0.172. The lowest BCUT2D eigenvalue weighted by Gasteiger charge is -2.46. The first-order chi connectivity index (χ1) is 9.15. The molecule has 2 fully saturated rings. The first kappa shape index (κ1) is 14.8. The van der Waals surface area contributed by atoms with E-state index in [1.54, 1.807) is 14.0 Å². The lowest BCUT2D eigenvalue weighted by molar-refractivity contribution is -0.135. The summed E-state index contributed by atoms with van der Waals surface area (Å²) in [6.07, 6.45) is 3.51. The van der Waals surface area contributed by atoms with Crippen molar-refractivity contribution in [2.75, 3.05) is 26.8 Å². The second kappa shape index (κ2) is 6.68. The van der Waals surface area contributed by atoms with Crippen molar-refractivity contribution in [3.05, 3.63) is 0 Å². The maximum Gasteiger partial charge on any atom is 0.219 e. The molecule has 1 saturated carbocycles. The highest BCUT2D eigenvalue weighted by Crippen LogP contribution is 2.28. The van der Waals surface area contributed by atoms with Gasteiger partial charge in [-0.05, 0) is 26.2 Å². The summed E-state index contributed by atoms with van der Waals surface area (Å²) in [6, 6.07) is 0.899. The lowest BCUT2D eigenvalue weighted by Crippen LogP contribution is -2.62. The second-order valence-electron chi connectivity index (χ2n) is 5.48. The number of carbonyl (C=O) groups is 1. The molecule has 3 unspecified atom stereocenters. The van der Waals surface area contributed by atoms with E-state index in [1.165, 1.54) is 0 Å². The first-order valence-corrected chi connectivity index (χ1v) is 7.31. The lowest BCUT2D eigenvalue weighted by atomic mass is 9.84. The Balaban J connectivity index is 1.73. The van der Waals surface area contributed by atoms with Crippen LogP contribution in [-0.4, -0.2) is 61.9 Å². The van der Waals surface area contributed by atoms with Gasteiger partial charge in [0.05, 0.1) is 12.2 Å². The van der Waals surface area contributed by atoms with Crippen LogP contribution in [0.2, 0.25) is 0 Å². The third kappa shape index (κ3) is 3.46. The number of piperidine rings is 1.